The van der Waals surface area contributed by atoms with Gasteiger partial charge in [-0.25, -0.2) is 9.78 Å². The molecule has 1 aliphatic carbocycles. The molecular formula is C26H46N2O5SSi2. The molecule has 10 heteroatoms. The van der Waals surface area contributed by atoms with Crippen molar-refractivity contribution in [1.82, 2.24) is 9.55 Å². The van der Waals surface area contributed by atoms with E-state index in [-0.39, 0.29) is 34.2 Å². The predicted molar refractivity (Wildman–Crippen MR) is 153 cm³/mol. The number of aromatic nitrogens is 2. The van der Waals surface area contributed by atoms with Gasteiger partial charge in [0.1, 0.15) is 12.4 Å². The van der Waals surface area contributed by atoms with Crippen molar-refractivity contribution >= 4 is 40.0 Å². The standard InChI is InChI=1S/C26H46N2O5SSi2/c1-11-31-22(29)16-19-14-20(17-26(5,6)35(7,8)30)23(32-24(34)28-13-12-27-18-28)21(15-19)33-36(9,10)25(2,3)4/h12-13,16,18,20-21,23,30H,11,14-15,17H2,1-10H3/b19-16+/t20-,21+,23?/m0/s1. The molecule has 0 spiro atoms. The van der Waals surface area contributed by atoms with E-state index in [0.29, 0.717) is 24.6 Å². The van der Waals surface area contributed by atoms with Gasteiger partial charge in [0, 0.05) is 24.4 Å². The first-order chi connectivity index (χ1) is 16.4. The summed E-state index contributed by atoms with van der Waals surface area (Å²) in [5, 5.41) is 0.0335. The van der Waals surface area contributed by atoms with Crippen LogP contribution in [0.4, 0.5) is 0 Å². The van der Waals surface area contributed by atoms with Crippen LogP contribution in [0.15, 0.2) is 30.4 Å². The van der Waals surface area contributed by atoms with E-state index >= 15 is 0 Å². The second-order valence-corrected chi connectivity index (χ2v) is 22.2. The molecule has 1 heterocycles. The van der Waals surface area contributed by atoms with Gasteiger partial charge in [-0.3, -0.25) is 4.57 Å². The second kappa shape index (κ2) is 11.6. The molecular weight excluding hydrogens is 509 g/mol. The summed E-state index contributed by atoms with van der Waals surface area (Å²) in [5.41, 5.74) is 0.990. The van der Waals surface area contributed by atoms with Crippen molar-refractivity contribution < 1.29 is 23.5 Å². The normalized spacial score (nSPS) is 23.0. The summed E-state index contributed by atoms with van der Waals surface area (Å²) in [5.74, 6) is -0.341. The minimum Gasteiger partial charge on any atom is -0.464 e. The van der Waals surface area contributed by atoms with Crippen LogP contribution in [-0.4, -0.2) is 60.9 Å². The van der Waals surface area contributed by atoms with E-state index in [2.05, 4.69) is 52.7 Å². The van der Waals surface area contributed by atoms with Gasteiger partial charge in [-0.15, -0.1) is 0 Å². The van der Waals surface area contributed by atoms with Crippen molar-refractivity contribution in [2.24, 2.45) is 5.92 Å². The number of hydrogen-bond acceptors (Lipinski definition) is 7. The fourth-order valence-electron chi connectivity index (χ4n) is 4.16. The summed E-state index contributed by atoms with van der Waals surface area (Å²) < 4.78 is 20.4. The Balaban J connectivity index is 2.53. The van der Waals surface area contributed by atoms with Crippen LogP contribution in [-0.2, 0) is 18.7 Å². The highest BCUT2D eigenvalue weighted by Gasteiger charge is 2.48. The van der Waals surface area contributed by atoms with E-state index in [9.17, 15) is 9.59 Å². The van der Waals surface area contributed by atoms with Crippen molar-refractivity contribution in [3.05, 3.63) is 30.4 Å². The molecule has 0 aromatic carbocycles. The molecule has 0 radical (unpaired) electrons. The van der Waals surface area contributed by atoms with Crippen molar-refractivity contribution in [1.29, 1.82) is 0 Å². The van der Waals surface area contributed by atoms with Gasteiger partial charge in [0.15, 0.2) is 16.6 Å². The van der Waals surface area contributed by atoms with E-state index in [0.717, 1.165) is 12.0 Å². The van der Waals surface area contributed by atoms with E-state index < -0.39 is 16.6 Å². The van der Waals surface area contributed by atoms with Gasteiger partial charge in [-0.05, 0) is 74.7 Å². The summed E-state index contributed by atoms with van der Waals surface area (Å²) in [6, 6.07) is 0. The number of imidazole rings is 1. The van der Waals surface area contributed by atoms with Crippen LogP contribution in [0.1, 0.15) is 60.8 Å². The summed E-state index contributed by atoms with van der Waals surface area (Å²) >= 11 is 5.65. The largest absolute Gasteiger partial charge is 0.464 e. The van der Waals surface area contributed by atoms with Gasteiger partial charge < -0.3 is 18.7 Å². The Kier molecular flexibility index (Phi) is 9.94. The molecule has 36 heavy (non-hydrogen) atoms. The maximum absolute atomic E-state index is 12.4. The molecule has 1 aromatic heterocycles. The molecule has 1 aliphatic rings. The molecule has 7 nitrogen and oxygen atoms in total. The molecule has 1 fully saturated rings. The lowest BCUT2D eigenvalue weighted by Crippen LogP contribution is -2.53. The number of esters is 1. The summed E-state index contributed by atoms with van der Waals surface area (Å²) in [7, 11) is -4.69. The third-order valence-electron chi connectivity index (χ3n) is 8.06. The Labute approximate surface area is 224 Å². The molecule has 0 bridgehead atoms. The highest BCUT2D eigenvalue weighted by Crippen LogP contribution is 2.48. The van der Waals surface area contributed by atoms with Crippen LogP contribution in [0.3, 0.4) is 0 Å². The molecule has 1 saturated carbocycles. The molecule has 0 aliphatic heterocycles. The Bertz CT molecular complexity index is 893. The first-order valence-corrected chi connectivity index (χ1v) is 19.1. The lowest BCUT2D eigenvalue weighted by molar-refractivity contribution is -0.137. The second-order valence-electron chi connectivity index (χ2n) is 12.6. The van der Waals surface area contributed by atoms with Crippen LogP contribution in [0.25, 0.3) is 0 Å². The Hall–Kier alpha value is -1.34. The van der Waals surface area contributed by atoms with Crippen molar-refractivity contribution in [3.63, 3.8) is 0 Å². The zero-order valence-corrected chi connectivity index (χ0v) is 26.6. The fraction of sp³-hybridized carbons (Fsp3) is 0.731. The Morgan fingerprint density at radius 1 is 1.22 bits per heavy atom. The maximum Gasteiger partial charge on any atom is 0.330 e. The highest BCUT2D eigenvalue weighted by atomic mass is 32.1. The number of carbonyl (C=O) groups is 1. The summed E-state index contributed by atoms with van der Waals surface area (Å²) in [4.78, 5) is 27.6. The molecule has 0 amide bonds. The van der Waals surface area contributed by atoms with E-state index in [1.807, 2.05) is 13.1 Å². The quantitative estimate of drug-likeness (QED) is 0.181. The maximum atomic E-state index is 12.4. The topological polar surface area (TPSA) is 82.8 Å². The average Bonchev–Trinajstić information content (AvgIpc) is 3.23. The van der Waals surface area contributed by atoms with Gasteiger partial charge in [0.05, 0.1) is 12.7 Å². The van der Waals surface area contributed by atoms with Gasteiger partial charge >= 0.3 is 5.97 Å². The Morgan fingerprint density at radius 3 is 2.36 bits per heavy atom. The predicted octanol–water partition coefficient (Wildman–Crippen LogP) is 6.06. The lowest BCUT2D eigenvalue weighted by Gasteiger charge is -2.48. The highest BCUT2D eigenvalue weighted by molar-refractivity contribution is 7.80. The molecule has 1 unspecified atom stereocenters. The number of thiocarbonyl (C=S) groups is 1. The van der Waals surface area contributed by atoms with Crippen molar-refractivity contribution in [2.45, 2.75) is 109 Å². The number of nitrogens with zero attached hydrogens (tertiary/aromatic N) is 2. The molecule has 204 valence electrons. The molecule has 1 aromatic rings. The van der Waals surface area contributed by atoms with E-state index in [1.165, 1.54) is 0 Å². The van der Waals surface area contributed by atoms with Gasteiger partial charge in [0.2, 0.25) is 0 Å². The monoisotopic (exact) mass is 554 g/mol. The summed E-state index contributed by atoms with van der Waals surface area (Å²) in [6.45, 7) is 21.4. The lowest BCUT2D eigenvalue weighted by atomic mass is 9.77. The molecule has 0 saturated heterocycles. The molecule has 2 rings (SSSR count). The van der Waals surface area contributed by atoms with Crippen LogP contribution in [0, 0.1) is 5.92 Å². The van der Waals surface area contributed by atoms with Crippen molar-refractivity contribution in [2.75, 3.05) is 6.61 Å². The minimum absolute atomic E-state index is 0.000354. The zero-order chi connectivity index (χ0) is 27.5. The van der Waals surface area contributed by atoms with Crippen LogP contribution in [0.5, 0.6) is 0 Å². The minimum atomic E-state index is -2.50. The number of ether oxygens (including phenoxy) is 2. The first kappa shape index (κ1) is 30.9. The van der Waals surface area contributed by atoms with E-state index in [1.54, 1.807) is 36.3 Å². The number of rotatable bonds is 8. The number of hydrogen-bond donors (Lipinski definition) is 1. The fourth-order valence-corrected chi connectivity index (χ4v) is 6.47. The molecule has 3 atom stereocenters. The summed E-state index contributed by atoms with van der Waals surface area (Å²) in [6.07, 6.45) is 8.01. The zero-order valence-electron chi connectivity index (χ0n) is 23.8. The van der Waals surface area contributed by atoms with Crippen LogP contribution < -0.4 is 0 Å². The van der Waals surface area contributed by atoms with Crippen molar-refractivity contribution in [3.8, 4) is 0 Å². The Morgan fingerprint density at radius 2 is 1.86 bits per heavy atom. The third kappa shape index (κ3) is 7.83. The molecule has 1 N–H and O–H groups in total. The third-order valence-corrected chi connectivity index (χ3v) is 16.4. The van der Waals surface area contributed by atoms with Gasteiger partial charge in [-0.2, -0.15) is 0 Å². The first-order valence-electron chi connectivity index (χ1n) is 12.8. The van der Waals surface area contributed by atoms with Crippen LogP contribution >= 0.6 is 12.2 Å². The van der Waals surface area contributed by atoms with Gasteiger partial charge in [0.25, 0.3) is 5.17 Å². The van der Waals surface area contributed by atoms with E-state index in [4.69, 9.17) is 26.1 Å². The average molecular weight is 555 g/mol. The number of carbonyl (C=O) groups excluding carboxylic acids is 1. The van der Waals surface area contributed by atoms with Crippen LogP contribution in [0.2, 0.25) is 36.3 Å². The SMILES string of the molecule is CCOC(=O)/C=C1\C[C@@H](CC(C)(C)[Si](C)(C)O)C(OC(=S)n2ccnc2)[C@H](O[Si](C)(C)C(C)(C)C)C1. The van der Waals surface area contributed by atoms with Gasteiger partial charge in [-0.1, -0.05) is 40.2 Å². The smallest absolute Gasteiger partial charge is 0.330 e.